The highest BCUT2D eigenvalue weighted by Crippen LogP contribution is 2.32. The van der Waals surface area contributed by atoms with E-state index in [4.69, 9.17) is 9.47 Å². The second-order valence-electron chi connectivity index (χ2n) is 8.80. The summed E-state index contributed by atoms with van der Waals surface area (Å²) in [7, 11) is 0. The molecule has 4 atom stereocenters. The summed E-state index contributed by atoms with van der Waals surface area (Å²) in [6, 6.07) is 0. The van der Waals surface area contributed by atoms with Crippen molar-refractivity contribution in [1.29, 1.82) is 0 Å². The van der Waals surface area contributed by atoms with Crippen LogP contribution in [-0.4, -0.2) is 25.2 Å². The maximum atomic E-state index is 12.8. The zero-order chi connectivity index (χ0) is 21.6. The van der Waals surface area contributed by atoms with Crippen LogP contribution < -0.4 is 0 Å². The van der Waals surface area contributed by atoms with Crippen LogP contribution in [0.1, 0.15) is 98.8 Å². The predicted octanol–water partition coefficient (Wildman–Crippen LogP) is 6.48. The molecule has 4 unspecified atom stereocenters. The molecule has 0 heterocycles. The summed E-state index contributed by atoms with van der Waals surface area (Å²) in [5, 5.41) is 0. The number of ether oxygens (including phenoxy) is 2. The van der Waals surface area contributed by atoms with Crippen LogP contribution in [0.4, 0.5) is 0 Å². The van der Waals surface area contributed by atoms with Crippen molar-refractivity contribution in [3.63, 3.8) is 0 Å². The molecular formula is C25H44O4. The molecule has 0 aliphatic heterocycles. The van der Waals surface area contributed by atoms with Gasteiger partial charge in [-0.05, 0) is 44.4 Å². The summed E-state index contributed by atoms with van der Waals surface area (Å²) in [5.74, 6) is -0.462. The lowest BCUT2D eigenvalue weighted by atomic mass is 9.80. The van der Waals surface area contributed by atoms with Gasteiger partial charge in [-0.1, -0.05) is 77.9 Å². The molecule has 168 valence electrons. The Morgan fingerprint density at radius 2 is 1.38 bits per heavy atom. The van der Waals surface area contributed by atoms with Crippen molar-refractivity contribution in [2.75, 3.05) is 13.2 Å². The van der Waals surface area contributed by atoms with Crippen LogP contribution in [0.15, 0.2) is 11.6 Å². The molecule has 0 radical (unpaired) electrons. The zero-order valence-corrected chi connectivity index (χ0v) is 19.5. The normalized spacial score (nSPS) is 21.2. The summed E-state index contributed by atoms with van der Waals surface area (Å²) < 4.78 is 11.4. The summed E-state index contributed by atoms with van der Waals surface area (Å²) >= 11 is 0. The first-order valence-electron chi connectivity index (χ1n) is 11.9. The topological polar surface area (TPSA) is 52.6 Å². The molecular weight excluding hydrogens is 364 g/mol. The Kier molecular flexibility index (Phi) is 13.0. The summed E-state index contributed by atoms with van der Waals surface area (Å²) in [4.78, 5) is 25.6. The standard InChI is InChI=1S/C25H44O4/c1-6-10-12-20(8-3)17-28-24(26)22-15-14-19(5)16-23(22)25(27)29-18-21(9-4)13-11-7-2/h14,20-23H,6-13,15-18H2,1-5H3. The Morgan fingerprint density at radius 1 is 0.897 bits per heavy atom. The van der Waals surface area contributed by atoms with Gasteiger partial charge in [0.15, 0.2) is 0 Å². The minimum Gasteiger partial charge on any atom is -0.465 e. The van der Waals surface area contributed by atoms with E-state index in [0.29, 0.717) is 37.9 Å². The molecule has 29 heavy (non-hydrogen) atoms. The van der Waals surface area contributed by atoms with Crippen LogP contribution in [0.5, 0.6) is 0 Å². The third kappa shape index (κ3) is 9.35. The molecule has 1 aliphatic carbocycles. The summed E-state index contributed by atoms with van der Waals surface area (Å²) in [6.45, 7) is 11.6. The first kappa shape index (κ1) is 25.7. The number of esters is 2. The van der Waals surface area contributed by atoms with Crippen molar-refractivity contribution in [1.82, 2.24) is 0 Å². The van der Waals surface area contributed by atoms with Crippen molar-refractivity contribution in [2.24, 2.45) is 23.7 Å². The molecule has 0 spiro atoms. The SMILES string of the molecule is CCCCC(CC)COC(=O)C1CC=C(C)CC1C(=O)OCC(CC)CCCC. The largest absolute Gasteiger partial charge is 0.465 e. The van der Waals surface area contributed by atoms with Gasteiger partial charge in [-0.15, -0.1) is 0 Å². The summed E-state index contributed by atoms with van der Waals surface area (Å²) in [5.41, 5.74) is 1.16. The minimum absolute atomic E-state index is 0.229. The maximum absolute atomic E-state index is 12.8. The van der Waals surface area contributed by atoms with E-state index in [1.807, 2.05) is 6.92 Å². The Bertz CT molecular complexity index is 511. The summed E-state index contributed by atoms with van der Waals surface area (Å²) in [6.07, 6.45) is 12.1. The smallest absolute Gasteiger partial charge is 0.310 e. The Hall–Kier alpha value is -1.32. The van der Waals surface area contributed by atoms with Crippen molar-refractivity contribution in [2.45, 2.75) is 98.8 Å². The third-order valence-corrected chi connectivity index (χ3v) is 6.36. The van der Waals surface area contributed by atoms with Gasteiger partial charge in [0.05, 0.1) is 25.0 Å². The second-order valence-corrected chi connectivity index (χ2v) is 8.80. The molecule has 0 saturated carbocycles. The molecule has 4 heteroatoms. The van der Waals surface area contributed by atoms with Crippen LogP contribution in [0.2, 0.25) is 0 Å². The van der Waals surface area contributed by atoms with E-state index in [1.165, 1.54) is 0 Å². The molecule has 0 amide bonds. The lowest BCUT2D eigenvalue weighted by molar-refractivity contribution is -0.162. The molecule has 0 N–H and O–H groups in total. The van der Waals surface area contributed by atoms with E-state index >= 15 is 0 Å². The Morgan fingerprint density at radius 3 is 1.83 bits per heavy atom. The van der Waals surface area contributed by atoms with Crippen molar-refractivity contribution in [3.8, 4) is 0 Å². The molecule has 1 rings (SSSR count). The van der Waals surface area contributed by atoms with E-state index in [-0.39, 0.29) is 11.9 Å². The number of carbonyl (C=O) groups excluding carboxylic acids is 2. The molecule has 0 aromatic rings. The quantitative estimate of drug-likeness (QED) is 0.244. The van der Waals surface area contributed by atoms with Crippen LogP contribution in [0, 0.1) is 23.7 Å². The van der Waals surface area contributed by atoms with Crippen molar-refractivity contribution < 1.29 is 19.1 Å². The van der Waals surface area contributed by atoms with E-state index < -0.39 is 11.8 Å². The number of hydrogen-bond donors (Lipinski definition) is 0. The fourth-order valence-electron chi connectivity index (χ4n) is 3.98. The van der Waals surface area contributed by atoms with E-state index in [1.54, 1.807) is 0 Å². The lowest BCUT2D eigenvalue weighted by Gasteiger charge is -2.28. The minimum atomic E-state index is -0.411. The first-order chi connectivity index (χ1) is 14.0. The molecule has 0 saturated heterocycles. The van der Waals surface area contributed by atoms with E-state index in [9.17, 15) is 9.59 Å². The zero-order valence-electron chi connectivity index (χ0n) is 19.5. The number of rotatable bonds is 14. The molecule has 0 aromatic heterocycles. The maximum Gasteiger partial charge on any atom is 0.310 e. The van der Waals surface area contributed by atoms with Gasteiger partial charge < -0.3 is 9.47 Å². The van der Waals surface area contributed by atoms with Crippen LogP contribution in [0.3, 0.4) is 0 Å². The molecule has 1 aliphatic rings. The Labute approximate surface area is 178 Å². The first-order valence-corrected chi connectivity index (χ1v) is 11.9. The van der Waals surface area contributed by atoms with E-state index in [2.05, 4.69) is 33.8 Å². The van der Waals surface area contributed by atoms with Gasteiger partial charge in [-0.25, -0.2) is 0 Å². The fraction of sp³-hybridized carbons (Fsp3) is 0.840. The van der Waals surface area contributed by atoms with Gasteiger partial charge in [0.1, 0.15) is 0 Å². The molecule has 4 nitrogen and oxygen atoms in total. The highest BCUT2D eigenvalue weighted by atomic mass is 16.5. The van der Waals surface area contributed by atoms with Crippen LogP contribution in [-0.2, 0) is 19.1 Å². The molecule has 0 bridgehead atoms. The predicted molar refractivity (Wildman–Crippen MR) is 119 cm³/mol. The molecule has 0 aromatic carbocycles. The third-order valence-electron chi connectivity index (χ3n) is 6.36. The highest BCUT2D eigenvalue weighted by molar-refractivity contribution is 5.83. The van der Waals surface area contributed by atoms with Crippen molar-refractivity contribution >= 4 is 11.9 Å². The highest BCUT2D eigenvalue weighted by Gasteiger charge is 2.38. The Balaban J connectivity index is 2.64. The van der Waals surface area contributed by atoms with E-state index in [0.717, 1.165) is 56.9 Å². The lowest BCUT2D eigenvalue weighted by Crippen LogP contribution is -2.35. The van der Waals surface area contributed by atoms with Gasteiger partial charge in [0, 0.05) is 0 Å². The van der Waals surface area contributed by atoms with Gasteiger partial charge in [0.2, 0.25) is 0 Å². The molecule has 0 fully saturated rings. The van der Waals surface area contributed by atoms with Crippen molar-refractivity contribution in [3.05, 3.63) is 11.6 Å². The van der Waals surface area contributed by atoms with Gasteiger partial charge >= 0.3 is 11.9 Å². The average molecular weight is 409 g/mol. The monoisotopic (exact) mass is 408 g/mol. The average Bonchev–Trinajstić information content (AvgIpc) is 2.73. The number of hydrogen-bond acceptors (Lipinski definition) is 4. The van der Waals surface area contributed by atoms with Gasteiger partial charge in [0.25, 0.3) is 0 Å². The number of allylic oxidation sites excluding steroid dienone is 2. The number of carbonyl (C=O) groups is 2. The fourth-order valence-corrected chi connectivity index (χ4v) is 3.98. The number of unbranched alkanes of at least 4 members (excludes halogenated alkanes) is 2. The van der Waals surface area contributed by atoms with Crippen LogP contribution in [0.25, 0.3) is 0 Å². The van der Waals surface area contributed by atoms with Crippen LogP contribution >= 0.6 is 0 Å². The van der Waals surface area contributed by atoms with Gasteiger partial charge in [-0.3, -0.25) is 9.59 Å². The second kappa shape index (κ2) is 14.6. The van der Waals surface area contributed by atoms with Gasteiger partial charge in [-0.2, -0.15) is 0 Å².